The van der Waals surface area contributed by atoms with Crippen LogP contribution in [0.25, 0.3) is 11.3 Å². The summed E-state index contributed by atoms with van der Waals surface area (Å²) in [6.07, 6.45) is 2.22. The molecule has 2 aromatic carbocycles. The lowest BCUT2D eigenvalue weighted by Gasteiger charge is -2.15. The van der Waals surface area contributed by atoms with Crippen LogP contribution in [0.4, 0.5) is 36.2 Å². The fraction of sp³-hybridized carbons (Fsp3) is 0.192. The van der Waals surface area contributed by atoms with Crippen molar-refractivity contribution in [2.45, 2.75) is 32.0 Å². The second-order valence-electron chi connectivity index (χ2n) is 8.68. The minimum atomic E-state index is -4.54. The molecule has 1 aliphatic rings. The third kappa shape index (κ3) is 5.83. The quantitative estimate of drug-likeness (QED) is 0.290. The van der Waals surface area contributed by atoms with Crippen LogP contribution in [0.1, 0.15) is 34.3 Å². The number of aromatic nitrogens is 4. The minimum Gasteiger partial charge on any atom is -0.367 e. The first kappa shape index (κ1) is 24.2. The Labute approximate surface area is 210 Å². The average Bonchev–Trinajstić information content (AvgIpc) is 3.70. The van der Waals surface area contributed by atoms with E-state index in [2.05, 4.69) is 35.9 Å². The number of nitrogens with one attached hydrogen (secondary N) is 3. The molecule has 5 rings (SSSR count). The summed E-state index contributed by atoms with van der Waals surface area (Å²) in [5, 5.41) is 9.26. The minimum absolute atomic E-state index is 0.0950. The molecule has 1 saturated carbocycles. The normalized spacial score (nSPS) is 13.2. The van der Waals surface area contributed by atoms with Gasteiger partial charge in [-0.3, -0.25) is 4.79 Å². The summed E-state index contributed by atoms with van der Waals surface area (Å²) in [5.41, 5.74) is 2.22. The van der Waals surface area contributed by atoms with Crippen LogP contribution in [0.15, 0.2) is 67.4 Å². The highest BCUT2D eigenvalue weighted by molar-refractivity contribution is 6.04. The van der Waals surface area contributed by atoms with Gasteiger partial charge in [-0.2, -0.15) is 13.2 Å². The number of hydrogen-bond donors (Lipinski definition) is 3. The Hall–Kier alpha value is -4.54. The van der Waals surface area contributed by atoms with Crippen molar-refractivity contribution in [3.8, 4) is 11.3 Å². The van der Waals surface area contributed by atoms with E-state index in [1.807, 2.05) is 13.0 Å². The summed E-state index contributed by atoms with van der Waals surface area (Å²) in [5.74, 6) is 0.564. The predicted octanol–water partition coefficient (Wildman–Crippen LogP) is 5.83. The number of amides is 1. The maximum absolute atomic E-state index is 13.0. The van der Waals surface area contributed by atoms with E-state index in [0.717, 1.165) is 36.4 Å². The van der Waals surface area contributed by atoms with Crippen molar-refractivity contribution in [1.29, 1.82) is 0 Å². The zero-order valence-corrected chi connectivity index (χ0v) is 19.7. The van der Waals surface area contributed by atoms with E-state index in [0.29, 0.717) is 34.5 Å². The molecule has 0 spiro atoms. The average molecular weight is 506 g/mol. The van der Waals surface area contributed by atoms with E-state index in [-0.39, 0.29) is 5.56 Å². The van der Waals surface area contributed by atoms with Gasteiger partial charge in [-0.1, -0.05) is 12.1 Å². The molecule has 0 atom stereocenters. The van der Waals surface area contributed by atoms with Gasteiger partial charge in [-0.05, 0) is 55.7 Å². The van der Waals surface area contributed by atoms with E-state index in [4.69, 9.17) is 0 Å². The van der Waals surface area contributed by atoms with Crippen molar-refractivity contribution in [3.63, 3.8) is 0 Å². The number of carbonyl (C=O) groups excluding carboxylic acids is 1. The third-order valence-corrected chi connectivity index (χ3v) is 5.79. The Morgan fingerprint density at radius 3 is 2.62 bits per heavy atom. The Bertz CT molecular complexity index is 1450. The van der Waals surface area contributed by atoms with Gasteiger partial charge in [0.2, 0.25) is 0 Å². The molecule has 3 N–H and O–H groups in total. The van der Waals surface area contributed by atoms with Crippen LogP contribution in [0.3, 0.4) is 0 Å². The second kappa shape index (κ2) is 9.84. The van der Waals surface area contributed by atoms with Gasteiger partial charge in [0.15, 0.2) is 0 Å². The maximum Gasteiger partial charge on any atom is 0.416 e. The lowest BCUT2D eigenvalue weighted by Crippen LogP contribution is -2.14. The van der Waals surface area contributed by atoms with Gasteiger partial charge in [0.25, 0.3) is 5.91 Å². The van der Waals surface area contributed by atoms with E-state index in [1.165, 1.54) is 24.8 Å². The molecular weight excluding hydrogens is 483 g/mol. The Morgan fingerprint density at radius 2 is 1.84 bits per heavy atom. The maximum atomic E-state index is 13.0. The zero-order valence-electron chi connectivity index (χ0n) is 19.7. The van der Waals surface area contributed by atoms with Crippen LogP contribution in [0, 0.1) is 6.92 Å². The summed E-state index contributed by atoms with van der Waals surface area (Å²) in [6.45, 7) is 1.88. The van der Waals surface area contributed by atoms with E-state index < -0.39 is 17.6 Å². The first-order chi connectivity index (χ1) is 17.8. The number of anilines is 4. The fourth-order valence-corrected chi connectivity index (χ4v) is 3.64. The number of nitrogens with zero attached hydrogens (tertiary/aromatic N) is 4. The first-order valence-electron chi connectivity index (χ1n) is 11.5. The van der Waals surface area contributed by atoms with Crippen LogP contribution in [0.5, 0.6) is 0 Å². The molecule has 1 amide bonds. The highest BCUT2D eigenvalue weighted by Crippen LogP contribution is 2.32. The molecule has 11 heteroatoms. The zero-order chi connectivity index (χ0) is 26.0. The lowest BCUT2D eigenvalue weighted by atomic mass is 10.1. The van der Waals surface area contributed by atoms with Crippen molar-refractivity contribution >= 4 is 28.9 Å². The largest absolute Gasteiger partial charge is 0.416 e. The first-order valence-corrected chi connectivity index (χ1v) is 11.5. The molecule has 2 heterocycles. The molecule has 0 unspecified atom stereocenters. The SMILES string of the molecule is Cc1ccc(NC(=O)c2cccc(C(F)(F)F)c2)cc1Nc1ncncc1-c1cc(NC2CC2)ncn1. The predicted molar refractivity (Wildman–Crippen MR) is 134 cm³/mol. The molecule has 0 saturated heterocycles. The summed E-state index contributed by atoms with van der Waals surface area (Å²) < 4.78 is 39.1. The van der Waals surface area contributed by atoms with Gasteiger partial charge in [0.05, 0.1) is 16.8 Å². The van der Waals surface area contributed by atoms with Gasteiger partial charge in [-0.15, -0.1) is 0 Å². The number of aryl methyl sites for hydroxylation is 1. The van der Waals surface area contributed by atoms with Gasteiger partial charge >= 0.3 is 6.18 Å². The molecule has 37 heavy (non-hydrogen) atoms. The van der Waals surface area contributed by atoms with E-state index in [9.17, 15) is 18.0 Å². The van der Waals surface area contributed by atoms with Gasteiger partial charge < -0.3 is 16.0 Å². The number of benzene rings is 2. The number of hydrogen-bond acceptors (Lipinski definition) is 7. The van der Waals surface area contributed by atoms with Crippen LogP contribution in [-0.4, -0.2) is 31.9 Å². The third-order valence-electron chi connectivity index (χ3n) is 5.79. The summed E-state index contributed by atoms with van der Waals surface area (Å²) >= 11 is 0. The van der Waals surface area contributed by atoms with Gasteiger partial charge in [0, 0.05) is 35.2 Å². The van der Waals surface area contributed by atoms with Crippen molar-refractivity contribution in [2.75, 3.05) is 16.0 Å². The smallest absolute Gasteiger partial charge is 0.367 e. The van der Waals surface area contributed by atoms with Gasteiger partial charge in [-0.25, -0.2) is 19.9 Å². The standard InChI is InChI=1S/C26H22F3N7O/c1-15-5-6-19(35-25(37)16-3-2-4-17(9-16)26(27,28)29)10-21(15)36-24-20(12-30-13-33-24)22-11-23(32-14-31-22)34-18-7-8-18/h2-6,9-14,18H,7-8H2,1H3,(H,35,37)(H,30,33,36)(H,31,32,34). The van der Waals surface area contributed by atoms with Crippen molar-refractivity contribution in [2.24, 2.45) is 0 Å². The molecule has 1 aliphatic carbocycles. The lowest BCUT2D eigenvalue weighted by molar-refractivity contribution is -0.137. The van der Waals surface area contributed by atoms with Crippen LogP contribution >= 0.6 is 0 Å². The molecule has 4 aromatic rings. The van der Waals surface area contributed by atoms with E-state index in [1.54, 1.807) is 24.4 Å². The number of alkyl halides is 3. The summed E-state index contributed by atoms with van der Waals surface area (Å²) in [6, 6.07) is 11.7. The Balaban J connectivity index is 1.37. The van der Waals surface area contributed by atoms with E-state index >= 15 is 0 Å². The van der Waals surface area contributed by atoms with Crippen LogP contribution in [-0.2, 0) is 6.18 Å². The number of halogens is 3. The molecule has 0 radical (unpaired) electrons. The van der Waals surface area contributed by atoms with Crippen LogP contribution < -0.4 is 16.0 Å². The van der Waals surface area contributed by atoms with Crippen molar-refractivity contribution < 1.29 is 18.0 Å². The molecule has 0 aliphatic heterocycles. The topological polar surface area (TPSA) is 105 Å². The number of carbonyl (C=O) groups is 1. The van der Waals surface area contributed by atoms with Gasteiger partial charge in [0.1, 0.15) is 24.3 Å². The summed E-state index contributed by atoms with van der Waals surface area (Å²) in [7, 11) is 0. The Morgan fingerprint density at radius 1 is 1.00 bits per heavy atom. The highest BCUT2D eigenvalue weighted by Gasteiger charge is 2.31. The highest BCUT2D eigenvalue weighted by atomic mass is 19.4. The summed E-state index contributed by atoms with van der Waals surface area (Å²) in [4.78, 5) is 29.8. The Kier molecular flexibility index (Phi) is 6.43. The van der Waals surface area contributed by atoms with Crippen molar-refractivity contribution in [1.82, 2.24) is 19.9 Å². The monoisotopic (exact) mass is 505 g/mol. The number of rotatable bonds is 7. The van der Waals surface area contributed by atoms with Crippen molar-refractivity contribution in [3.05, 3.63) is 84.1 Å². The molecule has 1 fully saturated rings. The molecule has 2 aromatic heterocycles. The second-order valence-corrected chi connectivity index (χ2v) is 8.68. The molecule has 188 valence electrons. The van der Waals surface area contributed by atoms with Crippen LogP contribution in [0.2, 0.25) is 0 Å². The fourth-order valence-electron chi connectivity index (χ4n) is 3.64. The molecule has 0 bridgehead atoms. The molecular formula is C26H22F3N7O. The molecule has 8 nitrogen and oxygen atoms in total.